The van der Waals surface area contributed by atoms with Gasteiger partial charge in [-0.3, -0.25) is 4.98 Å². The van der Waals surface area contributed by atoms with Gasteiger partial charge in [0.15, 0.2) is 5.82 Å². The molecule has 2 aromatic carbocycles. The molecule has 0 amide bonds. The molecule has 1 N–H and O–H groups in total. The lowest BCUT2D eigenvalue weighted by atomic mass is 9.82. The van der Waals surface area contributed by atoms with Crippen molar-refractivity contribution in [2.75, 3.05) is 0 Å². The van der Waals surface area contributed by atoms with Gasteiger partial charge in [-0.25, -0.2) is 9.97 Å². The van der Waals surface area contributed by atoms with Crippen molar-refractivity contribution in [1.29, 1.82) is 0 Å². The fraction of sp³-hybridized carbons (Fsp3) is 0.343. The number of benzene rings is 2. The van der Waals surface area contributed by atoms with Crippen molar-refractivity contribution in [3.8, 4) is 39.7 Å². The van der Waals surface area contributed by atoms with E-state index >= 15 is 0 Å². The summed E-state index contributed by atoms with van der Waals surface area (Å²) in [5, 5.41) is 11.5. The Morgan fingerprint density at radius 1 is 0.800 bits per heavy atom. The minimum absolute atomic E-state index is 0.183. The normalized spacial score (nSPS) is 12.4. The maximum atomic E-state index is 11.5. The van der Waals surface area contributed by atoms with E-state index in [9.17, 15) is 5.11 Å². The van der Waals surface area contributed by atoms with E-state index in [0.29, 0.717) is 17.4 Å². The van der Waals surface area contributed by atoms with Gasteiger partial charge in [0.2, 0.25) is 0 Å². The molecule has 3 heterocycles. The predicted molar refractivity (Wildman–Crippen MR) is 166 cm³/mol. The Bertz CT molecular complexity index is 1700. The Morgan fingerprint density at radius 2 is 1.52 bits per heavy atom. The van der Waals surface area contributed by atoms with E-state index < -0.39 is 0 Å². The smallest absolute Gasteiger partial charge is 0.163 e. The third-order valence-electron chi connectivity index (χ3n) is 7.59. The SMILES string of the molecule is CC(C)c1cc(-c2ccccn2)cc(-c2cccc3c2nc(-c2nc(C(C)(C)C)cc(C(C)(C)C)c2O)n3C)c1. The first-order valence-electron chi connectivity index (χ1n) is 14.0. The average Bonchev–Trinajstić information content (AvgIpc) is 3.24. The lowest BCUT2D eigenvalue weighted by molar-refractivity contribution is 0.441. The second-order valence-electron chi connectivity index (χ2n) is 13.1. The van der Waals surface area contributed by atoms with E-state index in [1.807, 2.05) is 42.1 Å². The van der Waals surface area contributed by atoms with E-state index in [0.717, 1.165) is 44.7 Å². The van der Waals surface area contributed by atoms with Gasteiger partial charge in [-0.1, -0.05) is 79.7 Å². The van der Waals surface area contributed by atoms with E-state index in [1.54, 1.807) is 0 Å². The molecular weight excluding hydrogens is 492 g/mol. The maximum Gasteiger partial charge on any atom is 0.163 e. The highest BCUT2D eigenvalue weighted by Gasteiger charge is 2.29. The molecular formula is C35H40N4O. The van der Waals surface area contributed by atoms with Gasteiger partial charge >= 0.3 is 0 Å². The molecule has 40 heavy (non-hydrogen) atoms. The first-order valence-corrected chi connectivity index (χ1v) is 14.0. The molecule has 3 aromatic heterocycles. The fourth-order valence-corrected chi connectivity index (χ4v) is 5.13. The molecule has 5 aromatic rings. The van der Waals surface area contributed by atoms with Crippen LogP contribution in [0, 0.1) is 0 Å². The third kappa shape index (κ3) is 5.01. The second-order valence-corrected chi connectivity index (χ2v) is 13.1. The summed E-state index contributed by atoms with van der Waals surface area (Å²) in [4.78, 5) is 14.8. The van der Waals surface area contributed by atoms with Gasteiger partial charge in [-0.05, 0) is 58.9 Å². The Balaban J connectivity index is 1.77. The quantitative estimate of drug-likeness (QED) is 0.251. The Kier molecular flexibility index (Phi) is 6.81. The van der Waals surface area contributed by atoms with Crippen LogP contribution >= 0.6 is 0 Å². The standard InChI is InChI=1S/C35H40N4O/c1-21(2)22-17-23(19-24(18-22)27-14-10-11-16-36-27)25-13-12-15-28-30(25)38-33(39(28)9)31-32(40)26(34(3,4)5)20-29(37-31)35(6,7)8/h10-21,40H,1-9H3. The van der Waals surface area contributed by atoms with Crippen LogP contribution in [0.15, 0.2) is 66.9 Å². The average molecular weight is 533 g/mol. The highest BCUT2D eigenvalue weighted by atomic mass is 16.3. The molecule has 0 unspecified atom stereocenters. The lowest BCUT2D eigenvalue weighted by Gasteiger charge is -2.26. The van der Waals surface area contributed by atoms with E-state index in [2.05, 4.69) is 96.8 Å². The number of imidazole rings is 1. The van der Waals surface area contributed by atoms with E-state index in [4.69, 9.17) is 9.97 Å². The zero-order valence-electron chi connectivity index (χ0n) is 25.2. The van der Waals surface area contributed by atoms with Gasteiger partial charge in [0.25, 0.3) is 0 Å². The number of pyridine rings is 2. The molecule has 5 heteroatoms. The molecule has 0 aliphatic rings. The summed E-state index contributed by atoms with van der Waals surface area (Å²) in [6.45, 7) is 17.2. The van der Waals surface area contributed by atoms with Crippen molar-refractivity contribution in [1.82, 2.24) is 19.5 Å². The Hall–Kier alpha value is -3.99. The van der Waals surface area contributed by atoms with E-state index in [-0.39, 0.29) is 16.6 Å². The lowest BCUT2D eigenvalue weighted by Crippen LogP contribution is -2.19. The second kappa shape index (κ2) is 9.88. The monoisotopic (exact) mass is 532 g/mol. The van der Waals surface area contributed by atoms with Crippen molar-refractivity contribution in [3.63, 3.8) is 0 Å². The van der Waals surface area contributed by atoms with Crippen molar-refractivity contribution in [3.05, 3.63) is 83.7 Å². The molecule has 206 valence electrons. The highest BCUT2D eigenvalue weighted by molar-refractivity contribution is 5.95. The van der Waals surface area contributed by atoms with Crippen molar-refractivity contribution in [2.45, 2.75) is 72.1 Å². The maximum absolute atomic E-state index is 11.5. The first-order chi connectivity index (χ1) is 18.8. The summed E-state index contributed by atoms with van der Waals surface area (Å²) < 4.78 is 2.05. The van der Waals surface area contributed by atoms with Crippen molar-refractivity contribution >= 4 is 11.0 Å². The summed E-state index contributed by atoms with van der Waals surface area (Å²) in [6, 6.07) is 21.0. The van der Waals surface area contributed by atoms with Crippen LogP contribution in [-0.2, 0) is 17.9 Å². The zero-order chi connectivity index (χ0) is 29.0. The van der Waals surface area contributed by atoms with Gasteiger partial charge in [0, 0.05) is 41.0 Å². The van der Waals surface area contributed by atoms with Gasteiger partial charge in [-0.2, -0.15) is 0 Å². The molecule has 0 radical (unpaired) electrons. The van der Waals surface area contributed by atoms with Gasteiger partial charge in [0.1, 0.15) is 11.4 Å². The topological polar surface area (TPSA) is 63.8 Å². The number of aromatic hydroxyl groups is 1. The van der Waals surface area contributed by atoms with Gasteiger partial charge < -0.3 is 9.67 Å². The number of fused-ring (bicyclic) bond motifs is 1. The predicted octanol–water partition coefficient (Wildman–Crippen LogP) is 8.79. The summed E-state index contributed by atoms with van der Waals surface area (Å²) in [5.41, 5.74) is 9.18. The van der Waals surface area contributed by atoms with Crippen LogP contribution < -0.4 is 0 Å². The summed E-state index contributed by atoms with van der Waals surface area (Å²) in [7, 11) is 2.00. The molecule has 0 atom stereocenters. The summed E-state index contributed by atoms with van der Waals surface area (Å²) in [6.07, 6.45) is 1.83. The third-order valence-corrected chi connectivity index (χ3v) is 7.59. The molecule has 0 spiro atoms. The number of aromatic nitrogens is 4. The minimum Gasteiger partial charge on any atom is -0.505 e. The molecule has 0 saturated carbocycles. The van der Waals surface area contributed by atoms with Crippen molar-refractivity contribution in [2.24, 2.45) is 7.05 Å². The molecule has 0 bridgehead atoms. The highest BCUT2D eigenvalue weighted by Crippen LogP contribution is 2.41. The largest absolute Gasteiger partial charge is 0.505 e. The number of hydrogen-bond acceptors (Lipinski definition) is 4. The molecule has 0 fully saturated rings. The zero-order valence-corrected chi connectivity index (χ0v) is 25.2. The Labute approximate surface area is 238 Å². The van der Waals surface area contributed by atoms with Crippen LogP contribution in [0.5, 0.6) is 5.75 Å². The number of rotatable bonds is 4. The molecule has 5 rings (SSSR count). The van der Waals surface area contributed by atoms with Crippen molar-refractivity contribution < 1.29 is 5.11 Å². The van der Waals surface area contributed by atoms with Crippen LogP contribution in [0.4, 0.5) is 0 Å². The number of aryl methyl sites for hydroxylation is 1. The molecule has 0 aliphatic heterocycles. The van der Waals surface area contributed by atoms with Gasteiger partial charge in [-0.15, -0.1) is 0 Å². The number of nitrogens with zero attached hydrogens (tertiary/aromatic N) is 4. The van der Waals surface area contributed by atoms with E-state index in [1.165, 1.54) is 5.56 Å². The van der Waals surface area contributed by atoms with Crippen LogP contribution in [0.2, 0.25) is 0 Å². The first kappa shape index (κ1) is 27.6. The van der Waals surface area contributed by atoms with Crippen LogP contribution in [-0.4, -0.2) is 24.6 Å². The fourth-order valence-electron chi connectivity index (χ4n) is 5.13. The number of para-hydroxylation sites is 1. The number of hydrogen-bond donors (Lipinski definition) is 1. The van der Waals surface area contributed by atoms with Gasteiger partial charge in [0.05, 0.1) is 16.7 Å². The molecule has 5 nitrogen and oxygen atoms in total. The van der Waals surface area contributed by atoms with Crippen LogP contribution in [0.25, 0.3) is 44.9 Å². The summed E-state index contributed by atoms with van der Waals surface area (Å²) in [5.74, 6) is 1.21. The summed E-state index contributed by atoms with van der Waals surface area (Å²) >= 11 is 0. The molecule has 0 saturated heterocycles. The van der Waals surface area contributed by atoms with Crippen LogP contribution in [0.1, 0.15) is 78.1 Å². The minimum atomic E-state index is -0.253. The van der Waals surface area contributed by atoms with Crippen LogP contribution in [0.3, 0.4) is 0 Å². The molecule has 0 aliphatic carbocycles. The Morgan fingerprint density at radius 3 is 2.15 bits per heavy atom.